The number of hydrogen-bond acceptors (Lipinski definition) is 3. The van der Waals surface area contributed by atoms with Gasteiger partial charge in [-0.2, -0.15) is 0 Å². The molecule has 0 radical (unpaired) electrons. The molecule has 22 heavy (non-hydrogen) atoms. The lowest BCUT2D eigenvalue weighted by Gasteiger charge is -2.19. The van der Waals surface area contributed by atoms with Gasteiger partial charge in [0.05, 0.1) is 17.5 Å². The van der Waals surface area contributed by atoms with E-state index in [1.54, 1.807) is 32.2 Å². The van der Waals surface area contributed by atoms with Crippen molar-refractivity contribution < 1.29 is 19.4 Å². The molecule has 1 aromatic rings. The summed E-state index contributed by atoms with van der Waals surface area (Å²) < 4.78 is 5.49. The van der Waals surface area contributed by atoms with E-state index >= 15 is 0 Å². The third-order valence-electron chi connectivity index (χ3n) is 3.08. The number of carbonyl (C=O) groups excluding carboxylic acids is 1. The Morgan fingerprint density at radius 2 is 2.05 bits per heavy atom. The second-order valence-corrected chi connectivity index (χ2v) is 5.88. The van der Waals surface area contributed by atoms with Crippen molar-refractivity contribution in [1.29, 1.82) is 0 Å². The number of carboxylic acid groups (broad SMARTS) is 1. The Bertz CT molecular complexity index is 536. The largest absolute Gasteiger partial charge is 0.492 e. The van der Waals surface area contributed by atoms with Gasteiger partial charge in [0, 0.05) is 25.0 Å². The van der Waals surface area contributed by atoms with Crippen LogP contribution in [0.3, 0.4) is 0 Å². The fourth-order valence-electron chi connectivity index (χ4n) is 1.78. The fraction of sp³-hybridized carbons (Fsp3) is 0.467. The SMILES string of the molecule is CC(CN(C)C(=O)CCCOc1ccc(Cl)cc1Cl)C(=O)O. The van der Waals surface area contributed by atoms with E-state index in [9.17, 15) is 9.59 Å². The summed E-state index contributed by atoms with van der Waals surface area (Å²) in [5.41, 5.74) is 0. The number of nitrogens with zero attached hydrogens (tertiary/aromatic N) is 1. The maximum absolute atomic E-state index is 11.9. The zero-order valence-corrected chi connectivity index (χ0v) is 14.0. The van der Waals surface area contributed by atoms with E-state index in [2.05, 4.69) is 0 Å². The molecule has 0 fully saturated rings. The number of aliphatic carboxylic acids is 1. The Kier molecular flexibility index (Phi) is 7.48. The minimum absolute atomic E-state index is 0.112. The predicted molar refractivity (Wildman–Crippen MR) is 85.6 cm³/mol. The molecular weight excluding hydrogens is 329 g/mol. The van der Waals surface area contributed by atoms with Crippen molar-refractivity contribution in [1.82, 2.24) is 4.90 Å². The lowest BCUT2D eigenvalue weighted by Crippen LogP contribution is -2.33. The average molecular weight is 348 g/mol. The number of benzene rings is 1. The normalized spacial score (nSPS) is 11.8. The minimum atomic E-state index is -0.916. The summed E-state index contributed by atoms with van der Waals surface area (Å²) in [4.78, 5) is 24.0. The number of ether oxygens (including phenoxy) is 1. The summed E-state index contributed by atoms with van der Waals surface area (Å²) in [6.45, 7) is 2.10. The van der Waals surface area contributed by atoms with Gasteiger partial charge in [0.2, 0.25) is 5.91 Å². The van der Waals surface area contributed by atoms with Gasteiger partial charge in [-0.15, -0.1) is 0 Å². The van der Waals surface area contributed by atoms with Crippen LogP contribution in [0.2, 0.25) is 10.0 Å². The zero-order chi connectivity index (χ0) is 16.7. The third-order valence-corrected chi connectivity index (χ3v) is 3.61. The zero-order valence-electron chi connectivity index (χ0n) is 12.5. The van der Waals surface area contributed by atoms with Crippen LogP contribution < -0.4 is 4.74 Å². The number of halogens is 2. The summed E-state index contributed by atoms with van der Waals surface area (Å²) in [6, 6.07) is 4.94. The van der Waals surface area contributed by atoms with Gasteiger partial charge in [0.15, 0.2) is 0 Å². The van der Waals surface area contributed by atoms with Gasteiger partial charge in [-0.25, -0.2) is 0 Å². The van der Waals surface area contributed by atoms with Gasteiger partial charge in [0.1, 0.15) is 5.75 Å². The fourth-order valence-corrected chi connectivity index (χ4v) is 2.24. The molecule has 0 bridgehead atoms. The highest BCUT2D eigenvalue weighted by atomic mass is 35.5. The van der Waals surface area contributed by atoms with Gasteiger partial charge >= 0.3 is 5.97 Å². The number of hydrogen-bond donors (Lipinski definition) is 1. The van der Waals surface area contributed by atoms with Crippen molar-refractivity contribution in [3.05, 3.63) is 28.2 Å². The van der Waals surface area contributed by atoms with Crippen molar-refractivity contribution in [2.75, 3.05) is 20.2 Å². The van der Waals surface area contributed by atoms with Crippen LogP contribution in [0.15, 0.2) is 18.2 Å². The van der Waals surface area contributed by atoms with Gasteiger partial charge in [0.25, 0.3) is 0 Å². The number of carboxylic acids is 1. The lowest BCUT2D eigenvalue weighted by molar-refractivity contribution is -0.142. The third kappa shape index (κ3) is 6.12. The van der Waals surface area contributed by atoms with E-state index in [-0.39, 0.29) is 18.9 Å². The maximum Gasteiger partial charge on any atom is 0.308 e. The Labute approximate surface area is 139 Å². The molecule has 0 saturated carbocycles. The Morgan fingerprint density at radius 3 is 2.64 bits per heavy atom. The van der Waals surface area contributed by atoms with Gasteiger partial charge in [-0.1, -0.05) is 30.1 Å². The lowest BCUT2D eigenvalue weighted by atomic mass is 10.1. The molecule has 0 aromatic heterocycles. The molecule has 0 aliphatic rings. The molecule has 5 nitrogen and oxygen atoms in total. The number of carbonyl (C=O) groups is 2. The molecule has 0 aliphatic heterocycles. The first-order valence-electron chi connectivity index (χ1n) is 6.86. The summed E-state index contributed by atoms with van der Waals surface area (Å²) in [7, 11) is 1.60. The summed E-state index contributed by atoms with van der Waals surface area (Å²) >= 11 is 11.8. The van der Waals surface area contributed by atoms with E-state index in [0.29, 0.717) is 28.8 Å². The second-order valence-electron chi connectivity index (χ2n) is 5.04. The number of rotatable bonds is 8. The van der Waals surface area contributed by atoms with Crippen molar-refractivity contribution in [3.8, 4) is 5.75 Å². The highest BCUT2D eigenvalue weighted by molar-refractivity contribution is 6.35. The van der Waals surface area contributed by atoms with Crippen LogP contribution in [0.4, 0.5) is 0 Å². The first kappa shape index (κ1) is 18.6. The molecule has 7 heteroatoms. The molecule has 0 heterocycles. The second kappa shape index (κ2) is 8.86. The van der Waals surface area contributed by atoms with E-state index in [1.807, 2.05) is 0 Å². The molecular formula is C15H19Cl2NO4. The van der Waals surface area contributed by atoms with Crippen LogP contribution in [0, 0.1) is 5.92 Å². The first-order chi connectivity index (χ1) is 10.3. The van der Waals surface area contributed by atoms with Crippen LogP contribution in [-0.2, 0) is 9.59 Å². The predicted octanol–water partition coefficient (Wildman–Crippen LogP) is 3.33. The summed E-state index contributed by atoms with van der Waals surface area (Å²) in [5.74, 6) is -1.09. The van der Waals surface area contributed by atoms with Crippen LogP contribution in [0.1, 0.15) is 19.8 Å². The summed E-state index contributed by atoms with van der Waals surface area (Å²) in [5, 5.41) is 9.77. The average Bonchev–Trinajstić information content (AvgIpc) is 2.44. The van der Waals surface area contributed by atoms with Crippen LogP contribution in [-0.4, -0.2) is 42.1 Å². The van der Waals surface area contributed by atoms with E-state index < -0.39 is 11.9 Å². The monoisotopic (exact) mass is 347 g/mol. The van der Waals surface area contributed by atoms with Crippen LogP contribution in [0.25, 0.3) is 0 Å². The van der Waals surface area contributed by atoms with Gasteiger partial charge in [-0.05, 0) is 24.6 Å². The van der Waals surface area contributed by atoms with Crippen LogP contribution in [0.5, 0.6) is 5.75 Å². The molecule has 0 spiro atoms. The summed E-state index contributed by atoms with van der Waals surface area (Å²) in [6.07, 6.45) is 0.803. The highest BCUT2D eigenvalue weighted by Crippen LogP contribution is 2.27. The quantitative estimate of drug-likeness (QED) is 0.732. The van der Waals surface area contributed by atoms with Crippen molar-refractivity contribution in [3.63, 3.8) is 0 Å². The molecule has 122 valence electrons. The molecule has 1 rings (SSSR count). The van der Waals surface area contributed by atoms with Crippen molar-refractivity contribution in [2.24, 2.45) is 5.92 Å². The molecule has 1 unspecified atom stereocenters. The highest BCUT2D eigenvalue weighted by Gasteiger charge is 2.17. The maximum atomic E-state index is 11.9. The smallest absolute Gasteiger partial charge is 0.308 e. The molecule has 1 amide bonds. The Balaban J connectivity index is 2.31. The van der Waals surface area contributed by atoms with E-state index in [1.165, 1.54) is 4.90 Å². The van der Waals surface area contributed by atoms with Crippen molar-refractivity contribution >= 4 is 35.1 Å². The topological polar surface area (TPSA) is 66.8 Å². The molecule has 1 atom stereocenters. The van der Waals surface area contributed by atoms with Crippen LogP contribution >= 0.6 is 23.2 Å². The first-order valence-corrected chi connectivity index (χ1v) is 7.61. The molecule has 1 N–H and O–H groups in total. The standard InChI is InChI=1S/C15H19Cl2NO4/c1-10(15(20)21)9-18(2)14(19)4-3-7-22-13-6-5-11(16)8-12(13)17/h5-6,8,10H,3-4,7,9H2,1-2H3,(H,20,21). The number of amides is 1. The minimum Gasteiger partial charge on any atom is -0.492 e. The van der Waals surface area contributed by atoms with E-state index in [0.717, 1.165) is 0 Å². The molecule has 0 saturated heterocycles. The van der Waals surface area contributed by atoms with Gasteiger partial charge < -0.3 is 14.7 Å². The van der Waals surface area contributed by atoms with E-state index in [4.69, 9.17) is 33.0 Å². The van der Waals surface area contributed by atoms with Crippen molar-refractivity contribution in [2.45, 2.75) is 19.8 Å². The van der Waals surface area contributed by atoms with Gasteiger partial charge in [-0.3, -0.25) is 9.59 Å². The Morgan fingerprint density at radius 1 is 1.36 bits per heavy atom. The molecule has 1 aromatic carbocycles. The Hall–Kier alpha value is -1.46. The molecule has 0 aliphatic carbocycles.